The van der Waals surface area contributed by atoms with Gasteiger partial charge in [0.05, 0.1) is 15.6 Å². The number of non-ortho nitro benzene ring substituents is 1. The largest absolute Gasteiger partial charge is 0.325 e. The molecule has 0 atom stereocenters. The first-order valence-electron chi connectivity index (χ1n) is 4.28. The molecule has 0 unspecified atom stereocenters. The Bertz CT molecular complexity index is 406. The van der Waals surface area contributed by atoms with Crippen LogP contribution in [0.4, 0.5) is 11.4 Å². The summed E-state index contributed by atoms with van der Waals surface area (Å²) < 4.78 is 0. The van der Waals surface area contributed by atoms with Gasteiger partial charge in [0.1, 0.15) is 0 Å². The summed E-state index contributed by atoms with van der Waals surface area (Å²) in [5, 5.41) is 13.2. The Morgan fingerprint density at radius 3 is 2.80 bits per heavy atom. The number of benzene rings is 1. The van der Waals surface area contributed by atoms with Crippen molar-refractivity contribution in [2.45, 2.75) is 13.3 Å². The van der Waals surface area contributed by atoms with E-state index in [0.717, 1.165) is 0 Å². The molecule has 0 aliphatic heterocycles. The standard InChI is InChI=1S/C9H9ClN2O3/c1-2-9(13)11-8-5-6(12(14)15)3-4-7(8)10/h3-5H,2H2,1H3,(H,11,13). The monoisotopic (exact) mass is 228 g/mol. The summed E-state index contributed by atoms with van der Waals surface area (Å²) in [6, 6.07) is 3.89. The fourth-order valence-corrected chi connectivity index (χ4v) is 1.13. The molecule has 1 rings (SSSR count). The number of hydrogen-bond donors (Lipinski definition) is 1. The molecule has 1 aromatic rings. The lowest BCUT2D eigenvalue weighted by atomic mass is 10.2. The molecule has 80 valence electrons. The lowest BCUT2D eigenvalue weighted by molar-refractivity contribution is -0.384. The van der Waals surface area contributed by atoms with E-state index in [2.05, 4.69) is 5.32 Å². The van der Waals surface area contributed by atoms with Crippen LogP contribution in [0.15, 0.2) is 18.2 Å². The highest BCUT2D eigenvalue weighted by Crippen LogP contribution is 2.26. The number of nitro groups is 1. The zero-order valence-electron chi connectivity index (χ0n) is 7.99. The van der Waals surface area contributed by atoms with Crippen molar-refractivity contribution in [3.63, 3.8) is 0 Å². The zero-order chi connectivity index (χ0) is 11.4. The number of nitrogens with zero attached hydrogens (tertiary/aromatic N) is 1. The van der Waals surface area contributed by atoms with Crippen molar-refractivity contribution < 1.29 is 9.72 Å². The molecule has 6 heteroatoms. The number of nitrogens with one attached hydrogen (secondary N) is 1. The molecule has 0 bridgehead atoms. The molecule has 0 saturated carbocycles. The van der Waals surface area contributed by atoms with Crippen LogP contribution in [0.2, 0.25) is 5.02 Å². The van der Waals surface area contributed by atoms with E-state index in [1.165, 1.54) is 18.2 Å². The van der Waals surface area contributed by atoms with Crippen LogP contribution >= 0.6 is 11.6 Å². The normalized spacial score (nSPS) is 9.73. The molecule has 0 radical (unpaired) electrons. The van der Waals surface area contributed by atoms with Crippen molar-refractivity contribution >= 4 is 28.9 Å². The third kappa shape index (κ3) is 2.92. The lowest BCUT2D eigenvalue weighted by Gasteiger charge is -2.05. The predicted octanol–water partition coefficient (Wildman–Crippen LogP) is 2.60. The van der Waals surface area contributed by atoms with Gasteiger partial charge in [-0.05, 0) is 6.07 Å². The van der Waals surface area contributed by atoms with Crippen molar-refractivity contribution in [3.05, 3.63) is 33.3 Å². The fraction of sp³-hybridized carbons (Fsp3) is 0.222. The maximum Gasteiger partial charge on any atom is 0.271 e. The van der Waals surface area contributed by atoms with Crippen LogP contribution in [0.25, 0.3) is 0 Å². The van der Waals surface area contributed by atoms with Gasteiger partial charge < -0.3 is 5.32 Å². The Morgan fingerprint density at radius 2 is 2.27 bits per heavy atom. The molecule has 5 nitrogen and oxygen atoms in total. The Morgan fingerprint density at radius 1 is 1.60 bits per heavy atom. The molecule has 0 heterocycles. The van der Waals surface area contributed by atoms with Gasteiger partial charge in [-0.2, -0.15) is 0 Å². The Balaban J connectivity index is 3.00. The number of carbonyl (C=O) groups is 1. The van der Waals surface area contributed by atoms with Crippen LogP contribution in [0.5, 0.6) is 0 Å². The van der Waals surface area contributed by atoms with Crippen molar-refractivity contribution in [1.82, 2.24) is 0 Å². The summed E-state index contributed by atoms with van der Waals surface area (Å²) in [7, 11) is 0. The summed E-state index contributed by atoms with van der Waals surface area (Å²) in [5.74, 6) is -0.239. The van der Waals surface area contributed by atoms with Gasteiger partial charge in [0.15, 0.2) is 0 Å². The average Bonchev–Trinajstić information content (AvgIpc) is 2.20. The number of hydrogen-bond acceptors (Lipinski definition) is 3. The molecular formula is C9H9ClN2O3. The molecule has 15 heavy (non-hydrogen) atoms. The highest BCUT2D eigenvalue weighted by molar-refractivity contribution is 6.33. The van der Waals surface area contributed by atoms with Crippen LogP contribution in [0, 0.1) is 10.1 Å². The number of amides is 1. The van der Waals surface area contributed by atoms with E-state index in [9.17, 15) is 14.9 Å². The number of rotatable bonds is 3. The quantitative estimate of drug-likeness (QED) is 0.638. The lowest BCUT2D eigenvalue weighted by Crippen LogP contribution is -2.09. The van der Waals surface area contributed by atoms with Crippen LogP contribution < -0.4 is 5.32 Å². The summed E-state index contributed by atoms with van der Waals surface area (Å²) in [5.41, 5.74) is 0.156. The fourth-order valence-electron chi connectivity index (χ4n) is 0.961. The Kier molecular flexibility index (Phi) is 3.62. The topological polar surface area (TPSA) is 72.2 Å². The van der Waals surface area contributed by atoms with E-state index < -0.39 is 4.92 Å². The molecular weight excluding hydrogens is 220 g/mol. The van der Waals surface area contributed by atoms with E-state index in [0.29, 0.717) is 6.42 Å². The number of halogens is 1. The molecule has 1 N–H and O–H groups in total. The van der Waals surface area contributed by atoms with E-state index in [-0.39, 0.29) is 22.3 Å². The van der Waals surface area contributed by atoms with Crippen molar-refractivity contribution in [1.29, 1.82) is 0 Å². The van der Waals surface area contributed by atoms with Gasteiger partial charge in [-0.3, -0.25) is 14.9 Å². The highest BCUT2D eigenvalue weighted by atomic mass is 35.5. The minimum atomic E-state index is -0.544. The number of anilines is 1. The summed E-state index contributed by atoms with van der Waals surface area (Å²) in [6.45, 7) is 1.68. The Labute approximate surface area is 91.2 Å². The molecule has 1 amide bonds. The Hall–Kier alpha value is -1.62. The van der Waals surface area contributed by atoms with Crippen LogP contribution in [-0.4, -0.2) is 10.8 Å². The minimum Gasteiger partial charge on any atom is -0.325 e. The van der Waals surface area contributed by atoms with Gasteiger partial charge in [0.25, 0.3) is 5.69 Å². The predicted molar refractivity (Wildman–Crippen MR) is 57.0 cm³/mol. The summed E-state index contributed by atoms with van der Waals surface area (Å²) >= 11 is 5.76. The first kappa shape index (κ1) is 11.5. The maximum atomic E-state index is 11.1. The second-order valence-electron chi connectivity index (χ2n) is 2.82. The third-order valence-electron chi connectivity index (χ3n) is 1.76. The van der Waals surface area contributed by atoms with Crippen molar-refractivity contribution in [3.8, 4) is 0 Å². The molecule has 0 aliphatic carbocycles. The molecule has 0 spiro atoms. The average molecular weight is 229 g/mol. The van der Waals surface area contributed by atoms with E-state index in [1.807, 2.05) is 0 Å². The van der Waals surface area contributed by atoms with Gasteiger partial charge in [0.2, 0.25) is 5.91 Å². The molecule has 0 saturated heterocycles. The third-order valence-corrected chi connectivity index (χ3v) is 2.09. The van der Waals surface area contributed by atoms with Crippen LogP contribution in [0.1, 0.15) is 13.3 Å². The van der Waals surface area contributed by atoms with Crippen LogP contribution in [0.3, 0.4) is 0 Å². The van der Waals surface area contributed by atoms with Gasteiger partial charge in [-0.1, -0.05) is 18.5 Å². The number of carbonyl (C=O) groups excluding carboxylic acids is 1. The molecule has 0 fully saturated rings. The molecule has 0 aromatic heterocycles. The SMILES string of the molecule is CCC(=O)Nc1cc([N+](=O)[O-])ccc1Cl. The second-order valence-corrected chi connectivity index (χ2v) is 3.23. The molecule has 1 aromatic carbocycles. The highest BCUT2D eigenvalue weighted by Gasteiger charge is 2.10. The smallest absolute Gasteiger partial charge is 0.271 e. The second kappa shape index (κ2) is 4.75. The van der Waals surface area contributed by atoms with E-state index in [1.54, 1.807) is 6.92 Å². The van der Waals surface area contributed by atoms with E-state index >= 15 is 0 Å². The first-order chi connectivity index (χ1) is 7.04. The minimum absolute atomic E-state index is 0.106. The van der Waals surface area contributed by atoms with Gasteiger partial charge in [-0.15, -0.1) is 0 Å². The van der Waals surface area contributed by atoms with Gasteiger partial charge >= 0.3 is 0 Å². The molecule has 0 aliphatic rings. The first-order valence-corrected chi connectivity index (χ1v) is 4.66. The van der Waals surface area contributed by atoms with Crippen molar-refractivity contribution in [2.24, 2.45) is 0 Å². The maximum absolute atomic E-state index is 11.1. The number of nitro benzene ring substituents is 1. The van der Waals surface area contributed by atoms with Gasteiger partial charge in [0, 0.05) is 18.6 Å². The van der Waals surface area contributed by atoms with Crippen LogP contribution in [-0.2, 0) is 4.79 Å². The van der Waals surface area contributed by atoms with Gasteiger partial charge in [-0.25, -0.2) is 0 Å². The van der Waals surface area contributed by atoms with Crippen molar-refractivity contribution in [2.75, 3.05) is 5.32 Å². The summed E-state index contributed by atoms with van der Waals surface area (Å²) in [4.78, 5) is 21.0. The zero-order valence-corrected chi connectivity index (χ0v) is 8.75. The van der Waals surface area contributed by atoms with E-state index in [4.69, 9.17) is 11.6 Å². The summed E-state index contributed by atoms with van der Waals surface area (Å²) in [6.07, 6.45) is 0.291.